The van der Waals surface area contributed by atoms with E-state index in [0.717, 1.165) is 6.54 Å². The van der Waals surface area contributed by atoms with E-state index in [1.807, 2.05) is 0 Å². The fourth-order valence-electron chi connectivity index (χ4n) is 3.77. The van der Waals surface area contributed by atoms with Gasteiger partial charge in [0.2, 0.25) is 0 Å². The Labute approximate surface area is 185 Å². The van der Waals surface area contributed by atoms with Crippen molar-refractivity contribution in [1.29, 1.82) is 0 Å². The summed E-state index contributed by atoms with van der Waals surface area (Å²) in [7, 11) is 9.78. The third-order valence-corrected chi connectivity index (χ3v) is 4.92. The molecule has 4 heteroatoms. The van der Waals surface area contributed by atoms with Crippen molar-refractivity contribution in [3.05, 3.63) is 100 Å². The Balaban J connectivity index is 0.000000706. The van der Waals surface area contributed by atoms with Crippen molar-refractivity contribution in [2.45, 2.75) is 38.8 Å². The van der Waals surface area contributed by atoms with Gasteiger partial charge in [-0.25, -0.2) is 0 Å². The van der Waals surface area contributed by atoms with Crippen molar-refractivity contribution in [1.82, 2.24) is 0 Å². The molecule has 0 aliphatic heterocycles. The normalized spacial score (nSPS) is 12.6. The summed E-state index contributed by atoms with van der Waals surface area (Å²) < 4.78 is 0. The van der Waals surface area contributed by atoms with Gasteiger partial charge < -0.3 is 5.32 Å². The third-order valence-electron chi connectivity index (χ3n) is 4.92. The summed E-state index contributed by atoms with van der Waals surface area (Å²) in [5, 5.41) is 4.87. The first-order valence-electron chi connectivity index (χ1n) is 9.37. The summed E-state index contributed by atoms with van der Waals surface area (Å²) in [4.78, 5) is 0. The Hall–Kier alpha value is -1.09. The summed E-state index contributed by atoms with van der Waals surface area (Å²) in [5.41, 5.74) is 8.25. The average molecular weight is 445 g/mol. The summed E-state index contributed by atoms with van der Waals surface area (Å²) in [5.74, 6) is 0.304. The second-order valence-electron chi connectivity index (χ2n) is 7.86. The molecule has 1 aliphatic carbocycles. The molecule has 3 aromatic carbocycles. The zero-order valence-electron chi connectivity index (χ0n) is 16.4. The molecule has 1 aliphatic rings. The van der Waals surface area contributed by atoms with Crippen LogP contribution in [0.4, 0.5) is 0 Å². The molecule has 0 saturated heterocycles. The summed E-state index contributed by atoms with van der Waals surface area (Å²) in [6.07, 6.45) is 0. The summed E-state index contributed by atoms with van der Waals surface area (Å²) in [6.45, 7) is 7.25. The molecule has 0 bridgehead atoms. The van der Waals surface area contributed by atoms with Crippen molar-refractivity contribution >= 4 is 18.6 Å². The van der Waals surface area contributed by atoms with Crippen LogP contribution in [0.25, 0.3) is 16.4 Å². The van der Waals surface area contributed by atoms with E-state index in [9.17, 15) is 0 Å². The Morgan fingerprint density at radius 1 is 0.750 bits per heavy atom. The van der Waals surface area contributed by atoms with Gasteiger partial charge in [0, 0.05) is 5.92 Å². The Bertz CT molecular complexity index is 888. The first-order valence-corrected chi connectivity index (χ1v) is 13.7. The van der Waals surface area contributed by atoms with E-state index in [1.165, 1.54) is 33.4 Å². The van der Waals surface area contributed by atoms with Gasteiger partial charge in [-0.15, -0.1) is 12.1 Å². The van der Waals surface area contributed by atoms with Crippen LogP contribution < -0.4 is 0 Å². The van der Waals surface area contributed by atoms with Gasteiger partial charge in [-0.2, -0.15) is 0 Å². The predicted molar refractivity (Wildman–Crippen MR) is 118 cm³/mol. The number of nitrogens with zero attached hydrogens (tertiary/aromatic N) is 1. The molecule has 0 radical (unpaired) electrons. The van der Waals surface area contributed by atoms with Crippen molar-refractivity contribution in [3.63, 3.8) is 0 Å². The molecule has 0 saturated carbocycles. The molecule has 0 heterocycles. The number of hydrogen-bond acceptors (Lipinski definition) is 0. The fourth-order valence-corrected chi connectivity index (χ4v) is 3.77. The minimum absolute atomic E-state index is 0.0153. The predicted octanol–water partition coefficient (Wildman–Crippen LogP) is 7.90. The van der Waals surface area contributed by atoms with Crippen LogP contribution in [0.3, 0.4) is 0 Å². The van der Waals surface area contributed by atoms with E-state index in [0.29, 0.717) is 5.92 Å². The standard InChI is InChI=1S/C24H24N.2ClH.Ti/c1-24(2,3)25-16-17-10-4-5-11-18(17)23-21-14-8-6-12-19(21)20-13-7-9-15-22(20)23;;;/h4-15,23H,16H2,1-3H3;2*1H;/q-1;;;+2/p-2. The molecule has 3 aromatic rings. The molecule has 0 amide bonds. The monoisotopic (exact) mass is 444 g/mol. The van der Waals surface area contributed by atoms with Gasteiger partial charge in [0.25, 0.3) is 0 Å². The van der Waals surface area contributed by atoms with Crippen molar-refractivity contribution in [2.75, 3.05) is 0 Å². The van der Waals surface area contributed by atoms with Gasteiger partial charge in [0.15, 0.2) is 0 Å². The zero-order valence-corrected chi connectivity index (χ0v) is 19.5. The first-order chi connectivity index (χ1) is 13.5. The maximum absolute atomic E-state index is 4.89. The van der Waals surface area contributed by atoms with Crippen LogP contribution in [-0.4, -0.2) is 5.54 Å². The van der Waals surface area contributed by atoms with Crippen molar-refractivity contribution in [2.24, 2.45) is 0 Å². The van der Waals surface area contributed by atoms with Crippen LogP contribution in [0.5, 0.6) is 0 Å². The van der Waals surface area contributed by atoms with E-state index in [4.69, 9.17) is 23.9 Å². The average Bonchev–Trinajstić information content (AvgIpc) is 3.01. The second kappa shape index (κ2) is 9.61. The number of halogens is 2. The molecule has 0 aromatic heterocycles. The molecule has 0 N–H and O–H groups in total. The van der Waals surface area contributed by atoms with E-state index in [1.54, 1.807) is 0 Å². The molecule has 0 atom stereocenters. The van der Waals surface area contributed by atoms with Gasteiger partial charge in [0.1, 0.15) is 0 Å². The molecule has 0 fully saturated rings. The molecular formula is C24H24Cl2NTi-. The summed E-state index contributed by atoms with van der Waals surface area (Å²) >= 11 is -0.556. The van der Waals surface area contributed by atoms with Crippen LogP contribution in [0.2, 0.25) is 0 Å². The van der Waals surface area contributed by atoms with E-state index >= 15 is 0 Å². The topological polar surface area (TPSA) is 14.1 Å². The van der Waals surface area contributed by atoms with Gasteiger partial charge >= 0.3 is 35.6 Å². The Kier molecular flexibility index (Phi) is 7.42. The molecule has 1 nitrogen and oxygen atoms in total. The van der Waals surface area contributed by atoms with Crippen molar-refractivity contribution in [3.8, 4) is 11.1 Å². The maximum atomic E-state index is 4.89. The van der Waals surface area contributed by atoms with E-state index in [-0.39, 0.29) is 5.54 Å². The van der Waals surface area contributed by atoms with E-state index < -0.39 is 17.0 Å². The fraction of sp³-hybridized carbons (Fsp3) is 0.250. The molecule has 28 heavy (non-hydrogen) atoms. The van der Waals surface area contributed by atoms with Gasteiger partial charge in [-0.1, -0.05) is 99.1 Å². The van der Waals surface area contributed by atoms with Crippen LogP contribution in [0.15, 0.2) is 72.8 Å². The van der Waals surface area contributed by atoms with Crippen molar-refractivity contribution < 1.29 is 17.0 Å². The SMILES string of the molecule is CC(C)(C)[N-]Cc1ccccc1C1c2ccccc2-c2ccccc21.[Cl][Ti][Cl]. The minimum atomic E-state index is -0.556. The quantitative estimate of drug-likeness (QED) is 0.285. The molecule has 0 spiro atoms. The molecular weight excluding hydrogens is 421 g/mol. The van der Waals surface area contributed by atoms with Crippen LogP contribution in [0, 0.1) is 0 Å². The number of fused-ring (bicyclic) bond motifs is 3. The Morgan fingerprint density at radius 2 is 1.18 bits per heavy atom. The van der Waals surface area contributed by atoms with Crippen LogP contribution in [-0.2, 0) is 23.6 Å². The zero-order chi connectivity index (χ0) is 20.1. The number of hydrogen-bond donors (Lipinski definition) is 0. The van der Waals surface area contributed by atoms with Crippen LogP contribution in [0.1, 0.15) is 48.9 Å². The molecule has 4 rings (SSSR count). The number of rotatable bonds is 3. The third kappa shape index (κ3) is 4.90. The summed E-state index contributed by atoms with van der Waals surface area (Å²) in [6, 6.07) is 26.4. The van der Waals surface area contributed by atoms with Gasteiger partial charge in [-0.3, -0.25) is 0 Å². The first kappa shape index (κ1) is 21.6. The number of benzene rings is 3. The van der Waals surface area contributed by atoms with Gasteiger partial charge in [0.05, 0.1) is 0 Å². The van der Waals surface area contributed by atoms with Gasteiger partial charge in [-0.05, 0) is 27.8 Å². The van der Waals surface area contributed by atoms with Crippen LogP contribution >= 0.6 is 18.6 Å². The second-order valence-corrected chi connectivity index (χ2v) is 10.4. The molecule has 0 unspecified atom stereocenters. The Morgan fingerprint density at radius 3 is 1.68 bits per heavy atom. The molecule has 144 valence electrons. The van der Waals surface area contributed by atoms with E-state index in [2.05, 4.69) is 93.6 Å².